The van der Waals surface area contributed by atoms with Crippen LogP contribution in [0.1, 0.15) is 17.0 Å². The van der Waals surface area contributed by atoms with Crippen LogP contribution in [-0.4, -0.2) is 9.55 Å². The smallest absolute Gasteiger partial charge is 0.129 e. The average Bonchev–Trinajstić information content (AvgIpc) is 2.85. The minimum absolute atomic E-state index is 0.280. The van der Waals surface area contributed by atoms with E-state index in [1.54, 1.807) is 12.1 Å². The van der Waals surface area contributed by atoms with Crippen molar-refractivity contribution in [2.45, 2.75) is 12.8 Å². The number of aromatic nitrogens is 2. The molecule has 0 atom stereocenters. The molecule has 0 N–H and O–H groups in total. The minimum atomic E-state index is 0.280. The zero-order valence-electron chi connectivity index (χ0n) is 11.3. The standard InChI is InChI=1S/C16H11Cl2N3/c1-10-2-3-11(9-19)6-14(10)21-15-7-12(18)4-5-13(15)20-16(21)8-17/h2-7H,8H2,1H3. The van der Waals surface area contributed by atoms with Crippen molar-refractivity contribution in [1.29, 1.82) is 5.26 Å². The first kappa shape index (κ1) is 13.9. The number of fused-ring (bicyclic) bond motifs is 1. The molecule has 0 aliphatic carbocycles. The molecule has 3 nitrogen and oxygen atoms in total. The van der Waals surface area contributed by atoms with Crippen LogP contribution in [0.3, 0.4) is 0 Å². The molecule has 2 aromatic carbocycles. The molecule has 0 spiro atoms. The van der Waals surface area contributed by atoms with Crippen molar-refractivity contribution in [3.05, 3.63) is 58.4 Å². The molecule has 0 amide bonds. The molecule has 3 aromatic rings. The summed E-state index contributed by atoms with van der Waals surface area (Å²) in [5.41, 5.74) is 4.25. The third-order valence-corrected chi connectivity index (χ3v) is 3.86. The number of halogens is 2. The van der Waals surface area contributed by atoms with Crippen LogP contribution in [0, 0.1) is 18.3 Å². The fraction of sp³-hybridized carbons (Fsp3) is 0.125. The monoisotopic (exact) mass is 315 g/mol. The second kappa shape index (κ2) is 5.40. The molecule has 1 heterocycles. The van der Waals surface area contributed by atoms with Gasteiger partial charge in [0.05, 0.1) is 34.2 Å². The van der Waals surface area contributed by atoms with Crippen LogP contribution < -0.4 is 0 Å². The number of aryl methyl sites for hydroxylation is 1. The third kappa shape index (κ3) is 2.37. The Bertz CT molecular complexity index is 875. The fourth-order valence-corrected chi connectivity index (χ4v) is 2.72. The van der Waals surface area contributed by atoms with E-state index < -0.39 is 0 Å². The van der Waals surface area contributed by atoms with Gasteiger partial charge in [-0.3, -0.25) is 4.57 Å². The van der Waals surface area contributed by atoms with Gasteiger partial charge in [-0.05, 0) is 42.8 Å². The zero-order valence-corrected chi connectivity index (χ0v) is 12.8. The van der Waals surface area contributed by atoms with Crippen molar-refractivity contribution in [3.63, 3.8) is 0 Å². The Labute approximate surface area is 132 Å². The highest BCUT2D eigenvalue weighted by Crippen LogP contribution is 2.27. The SMILES string of the molecule is Cc1ccc(C#N)cc1-n1c(CCl)nc2ccc(Cl)cc21. The molecule has 0 bridgehead atoms. The summed E-state index contributed by atoms with van der Waals surface area (Å²) < 4.78 is 1.96. The topological polar surface area (TPSA) is 41.6 Å². The van der Waals surface area contributed by atoms with E-state index in [4.69, 9.17) is 28.5 Å². The maximum absolute atomic E-state index is 9.11. The van der Waals surface area contributed by atoms with Crippen LogP contribution >= 0.6 is 23.2 Å². The second-order valence-corrected chi connectivity index (χ2v) is 5.45. The summed E-state index contributed by atoms with van der Waals surface area (Å²) in [6.45, 7) is 1.99. The van der Waals surface area contributed by atoms with Gasteiger partial charge in [-0.25, -0.2) is 4.98 Å². The Balaban J connectivity index is 2.38. The lowest BCUT2D eigenvalue weighted by atomic mass is 10.1. The Morgan fingerprint density at radius 1 is 1.24 bits per heavy atom. The first-order valence-corrected chi connectivity index (χ1v) is 7.29. The van der Waals surface area contributed by atoms with E-state index in [1.807, 2.05) is 35.8 Å². The van der Waals surface area contributed by atoms with Gasteiger partial charge in [0, 0.05) is 5.02 Å². The van der Waals surface area contributed by atoms with E-state index in [0.29, 0.717) is 10.6 Å². The van der Waals surface area contributed by atoms with Gasteiger partial charge in [0.2, 0.25) is 0 Å². The van der Waals surface area contributed by atoms with E-state index in [1.165, 1.54) is 0 Å². The van der Waals surface area contributed by atoms with Gasteiger partial charge in [-0.2, -0.15) is 5.26 Å². The Hall–Kier alpha value is -2.02. The lowest BCUT2D eigenvalue weighted by Crippen LogP contribution is -2.02. The highest BCUT2D eigenvalue weighted by Gasteiger charge is 2.14. The summed E-state index contributed by atoms with van der Waals surface area (Å²) in [7, 11) is 0. The van der Waals surface area contributed by atoms with Crippen molar-refractivity contribution < 1.29 is 0 Å². The molecule has 5 heteroatoms. The molecule has 3 rings (SSSR count). The normalized spacial score (nSPS) is 10.8. The fourth-order valence-electron chi connectivity index (χ4n) is 2.38. The highest BCUT2D eigenvalue weighted by molar-refractivity contribution is 6.31. The Morgan fingerprint density at radius 3 is 2.76 bits per heavy atom. The van der Waals surface area contributed by atoms with Crippen molar-refractivity contribution in [2.24, 2.45) is 0 Å². The summed E-state index contributed by atoms with van der Waals surface area (Å²) in [6, 6.07) is 13.2. The molecule has 0 aliphatic rings. The van der Waals surface area contributed by atoms with E-state index in [0.717, 1.165) is 28.1 Å². The maximum Gasteiger partial charge on any atom is 0.129 e. The van der Waals surface area contributed by atoms with Gasteiger partial charge < -0.3 is 0 Å². The Kier molecular flexibility index (Phi) is 3.59. The molecule has 0 saturated heterocycles. The number of alkyl halides is 1. The van der Waals surface area contributed by atoms with Crippen LogP contribution in [0.15, 0.2) is 36.4 Å². The predicted octanol–water partition coefficient (Wildman–Crippen LogP) is 4.60. The molecular formula is C16H11Cl2N3. The quantitative estimate of drug-likeness (QED) is 0.648. The van der Waals surface area contributed by atoms with E-state index >= 15 is 0 Å². The molecule has 0 radical (unpaired) electrons. The van der Waals surface area contributed by atoms with Gasteiger partial charge in [0.25, 0.3) is 0 Å². The molecule has 1 aromatic heterocycles. The van der Waals surface area contributed by atoms with Crippen molar-refractivity contribution >= 4 is 34.2 Å². The number of hydrogen-bond acceptors (Lipinski definition) is 2. The number of benzene rings is 2. The van der Waals surface area contributed by atoms with Gasteiger partial charge in [-0.15, -0.1) is 11.6 Å². The van der Waals surface area contributed by atoms with Crippen molar-refractivity contribution in [2.75, 3.05) is 0 Å². The van der Waals surface area contributed by atoms with E-state index in [9.17, 15) is 0 Å². The number of nitrogens with zero attached hydrogens (tertiary/aromatic N) is 3. The van der Waals surface area contributed by atoms with Crippen LogP contribution in [0.5, 0.6) is 0 Å². The summed E-state index contributed by atoms with van der Waals surface area (Å²) in [4.78, 5) is 4.53. The first-order chi connectivity index (χ1) is 10.1. The molecule has 0 unspecified atom stereocenters. The molecule has 0 saturated carbocycles. The largest absolute Gasteiger partial charge is 0.295 e. The van der Waals surface area contributed by atoms with Crippen LogP contribution in [0.25, 0.3) is 16.7 Å². The number of nitriles is 1. The summed E-state index contributed by atoms with van der Waals surface area (Å²) in [5.74, 6) is 1.01. The zero-order chi connectivity index (χ0) is 15.0. The van der Waals surface area contributed by atoms with Crippen molar-refractivity contribution in [1.82, 2.24) is 9.55 Å². The lowest BCUT2D eigenvalue weighted by Gasteiger charge is -2.11. The number of imidazole rings is 1. The molecule has 21 heavy (non-hydrogen) atoms. The van der Waals surface area contributed by atoms with E-state index in [2.05, 4.69) is 11.1 Å². The second-order valence-electron chi connectivity index (χ2n) is 4.74. The lowest BCUT2D eigenvalue weighted by molar-refractivity contribution is 0.971. The first-order valence-electron chi connectivity index (χ1n) is 6.38. The maximum atomic E-state index is 9.11. The van der Waals surface area contributed by atoms with Crippen LogP contribution in [0.2, 0.25) is 5.02 Å². The number of hydrogen-bond donors (Lipinski definition) is 0. The molecule has 0 fully saturated rings. The Morgan fingerprint density at radius 2 is 2.05 bits per heavy atom. The summed E-state index contributed by atoms with van der Waals surface area (Å²) in [6.07, 6.45) is 0. The number of rotatable bonds is 2. The predicted molar refractivity (Wildman–Crippen MR) is 85.1 cm³/mol. The third-order valence-electron chi connectivity index (χ3n) is 3.38. The molecule has 0 aliphatic heterocycles. The van der Waals surface area contributed by atoms with Crippen LogP contribution in [-0.2, 0) is 5.88 Å². The van der Waals surface area contributed by atoms with Gasteiger partial charge in [0.15, 0.2) is 0 Å². The van der Waals surface area contributed by atoms with Gasteiger partial charge in [-0.1, -0.05) is 17.7 Å². The minimum Gasteiger partial charge on any atom is -0.295 e. The van der Waals surface area contributed by atoms with Gasteiger partial charge in [0.1, 0.15) is 5.82 Å². The summed E-state index contributed by atoms with van der Waals surface area (Å²) in [5, 5.41) is 9.75. The summed E-state index contributed by atoms with van der Waals surface area (Å²) >= 11 is 12.1. The van der Waals surface area contributed by atoms with Gasteiger partial charge >= 0.3 is 0 Å². The average molecular weight is 316 g/mol. The molecule has 104 valence electrons. The van der Waals surface area contributed by atoms with Crippen molar-refractivity contribution in [3.8, 4) is 11.8 Å². The van der Waals surface area contributed by atoms with Crippen LogP contribution in [0.4, 0.5) is 0 Å². The highest BCUT2D eigenvalue weighted by atomic mass is 35.5. The van der Waals surface area contributed by atoms with E-state index in [-0.39, 0.29) is 5.88 Å². The molecular weight excluding hydrogens is 305 g/mol.